The first-order chi connectivity index (χ1) is 8.70. The van der Waals surface area contributed by atoms with Crippen LogP contribution in [0.3, 0.4) is 0 Å². The Labute approximate surface area is 100 Å². The highest BCUT2D eigenvalue weighted by Crippen LogP contribution is 2.33. The average Bonchev–Trinajstić information content (AvgIpc) is 2.93. The minimum Gasteiger partial charge on any atom is -0.492 e. The standard InChI is InChI=1S/C10H9FN4O3/c11-2-6-5(16)1-7(18-6)15-4-14-8-9(15)12-3-13-10(8)17/h2-5,7,16H,1H2,(H,12,13,17)/b6-2+/t5-,7+/m0/s1. The third-order valence-corrected chi connectivity index (χ3v) is 2.78. The van der Waals surface area contributed by atoms with Gasteiger partial charge in [0.25, 0.3) is 0 Å². The number of nitrogens with zero attached hydrogens (tertiary/aromatic N) is 4. The number of imidazole rings is 1. The van der Waals surface area contributed by atoms with Crippen LogP contribution in [0.2, 0.25) is 0 Å². The average molecular weight is 252 g/mol. The van der Waals surface area contributed by atoms with E-state index in [9.17, 15) is 14.6 Å². The van der Waals surface area contributed by atoms with Gasteiger partial charge >= 0.3 is 0 Å². The van der Waals surface area contributed by atoms with Crippen LogP contribution < -0.4 is 0 Å². The summed E-state index contributed by atoms with van der Waals surface area (Å²) in [6, 6.07) is 0. The Balaban J connectivity index is 2.04. The van der Waals surface area contributed by atoms with Crippen LogP contribution >= 0.6 is 0 Å². The molecule has 1 saturated heterocycles. The van der Waals surface area contributed by atoms with Gasteiger partial charge in [-0.2, -0.15) is 4.98 Å². The molecule has 2 aromatic heterocycles. The number of aliphatic hydroxyl groups is 1. The van der Waals surface area contributed by atoms with Crippen LogP contribution in [0.25, 0.3) is 11.2 Å². The molecule has 0 aromatic carbocycles. The molecule has 3 rings (SSSR count). The van der Waals surface area contributed by atoms with E-state index in [2.05, 4.69) is 15.0 Å². The second kappa shape index (κ2) is 3.91. The molecule has 1 aliphatic rings. The molecule has 8 heteroatoms. The molecule has 2 atom stereocenters. The number of ether oxygens (including phenoxy) is 1. The molecular weight excluding hydrogens is 243 g/mol. The van der Waals surface area contributed by atoms with Crippen molar-refractivity contribution in [1.82, 2.24) is 19.5 Å². The Morgan fingerprint density at radius 1 is 1.44 bits per heavy atom. The van der Waals surface area contributed by atoms with Crippen molar-refractivity contribution in [1.29, 1.82) is 0 Å². The van der Waals surface area contributed by atoms with Crippen molar-refractivity contribution in [2.75, 3.05) is 0 Å². The van der Waals surface area contributed by atoms with E-state index in [1.54, 1.807) is 0 Å². The van der Waals surface area contributed by atoms with Gasteiger partial charge in [-0.25, -0.2) is 14.4 Å². The minimum absolute atomic E-state index is 0.125. The summed E-state index contributed by atoms with van der Waals surface area (Å²) in [5.41, 5.74) is 0.591. The number of aromatic hydroxyl groups is 1. The Morgan fingerprint density at radius 2 is 2.28 bits per heavy atom. The summed E-state index contributed by atoms with van der Waals surface area (Å²) in [6.45, 7) is 0. The molecule has 0 amide bonds. The van der Waals surface area contributed by atoms with Crippen LogP contribution in [-0.2, 0) is 4.74 Å². The summed E-state index contributed by atoms with van der Waals surface area (Å²) in [5, 5.41) is 19.0. The zero-order valence-corrected chi connectivity index (χ0v) is 9.06. The van der Waals surface area contributed by atoms with Crippen molar-refractivity contribution in [2.24, 2.45) is 0 Å². The fourth-order valence-corrected chi connectivity index (χ4v) is 1.91. The SMILES string of the molecule is Oc1ncnc2c1ncn2[C@H]1C[C@H](O)/C(=C\F)O1. The first kappa shape index (κ1) is 10.9. The highest BCUT2D eigenvalue weighted by Gasteiger charge is 2.32. The van der Waals surface area contributed by atoms with Gasteiger partial charge in [0.1, 0.15) is 25.1 Å². The van der Waals surface area contributed by atoms with Gasteiger partial charge < -0.3 is 14.9 Å². The number of hydrogen-bond donors (Lipinski definition) is 2. The van der Waals surface area contributed by atoms with Crippen molar-refractivity contribution in [3.05, 3.63) is 24.7 Å². The molecule has 1 aliphatic heterocycles. The number of aromatic nitrogens is 4. The van der Waals surface area contributed by atoms with Gasteiger partial charge in [0, 0.05) is 6.42 Å². The molecule has 0 bridgehead atoms. The van der Waals surface area contributed by atoms with E-state index < -0.39 is 12.3 Å². The maximum Gasteiger partial charge on any atom is 0.242 e. The monoisotopic (exact) mass is 252 g/mol. The van der Waals surface area contributed by atoms with Crippen LogP contribution in [0.1, 0.15) is 12.6 Å². The van der Waals surface area contributed by atoms with Crippen molar-refractivity contribution in [3.63, 3.8) is 0 Å². The van der Waals surface area contributed by atoms with Crippen molar-refractivity contribution < 1.29 is 19.3 Å². The number of halogens is 1. The topological polar surface area (TPSA) is 93.3 Å². The van der Waals surface area contributed by atoms with Gasteiger partial charge in [-0.15, -0.1) is 0 Å². The summed E-state index contributed by atoms with van der Waals surface area (Å²) in [4.78, 5) is 11.5. The zero-order chi connectivity index (χ0) is 12.7. The summed E-state index contributed by atoms with van der Waals surface area (Å²) < 4.78 is 19.1. The fraction of sp³-hybridized carbons (Fsp3) is 0.300. The molecule has 0 radical (unpaired) electrons. The van der Waals surface area contributed by atoms with Crippen molar-refractivity contribution >= 4 is 11.2 Å². The zero-order valence-electron chi connectivity index (χ0n) is 9.06. The van der Waals surface area contributed by atoms with Gasteiger partial charge in [0.2, 0.25) is 5.88 Å². The van der Waals surface area contributed by atoms with E-state index in [0.29, 0.717) is 5.65 Å². The molecule has 1 fully saturated rings. The van der Waals surface area contributed by atoms with E-state index in [1.807, 2.05) is 0 Å². The molecular formula is C10H9FN4O3. The van der Waals surface area contributed by atoms with Crippen molar-refractivity contribution in [2.45, 2.75) is 18.8 Å². The lowest BCUT2D eigenvalue weighted by molar-refractivity contribution is 0.0977. The molecule has 18 heavy (non-hydrogen) atoms. The van der Waals surface area contributed by atoms with E-state index in [-0.39, 0.29) is 29.9 Å². The molecule has 0 unspecified atom stereocenters. The lowest BCUT2D eigenvalue weighted by Gasteiger charge is -2.11. The molecule has 2 aromatic rings. The first-order valence-electron chi connectivity index (χ1n) is 5.22. The molecule has 0 spiro atoms. The lowest BCUT2D eigenvalue weighted by Crippen LogP contribution is -2.07. The summed E-state index contributed by atoms with van der Waals surface area (Å²) in [7, 11) is 0. The van der Waals surface area contributed by atoms with Gasteiger partial charge in [0.15, 0.2) is 23.2 Å². The van der Waals surface area contributed by atoms with Crippen LogP contribution in [0.5, 0.6) is 5.88 Å². The third kappa shape index (κ3) is 1.50. The van der Waals surface area contributed by atoms with E-state index >= 15 is 0 Å². The maximum atomic E-state index is 12.4. The van der Waals surface area contributed by atoms with Crippen LogP contribution in [0, 0.1) is 0 Å². The highest BCUT2D eigenvalue weighted by molar-refractivity contribution is 5.75. The smallest absolute Gasteiger partial charge is 0.242 e. The molecule has 94 valence electrons. The Morgan fingerprint density at radius 3 is 3.00 bits per heavy atom. The number of aliphatic hydroxyl groups excluding tert-OH is 1. The highest BCUT2D eigenvalue weighted by atomic mass is 19.1. The second-order valence-electron chi connectivity index (χ2n) is 3.86. The molecule has 0 aliphatic carbocycles. The molecule has 2 N–H and O–H groups in total. The van der Waals surface area contributed by atoms with Gasteiger partial charge in [-0.3, -0.25) is 4.57 Å². The summed E-state index contributed by atoms with van der Waals surface area (Å²) >= 11 is 0. The van der Waals surface area contributed by atoms with E-state index in [0.717, 1.165) is 0 Å². The predicted molar refractivity (Wildman–Crippen MR) is 56.9 cm³/mol. The van der Waals surface area contributed by atoms with Gasteiger partial charge in [-0.1, -0.05) is 0 Å². The van der Waals surface area contributed by atoms with Crippen molar-refractivity contribution in [3.8, 4) is 5.88 Å². The largest absolute Gasteiger partial charge is 0.492 e. The summed E-state index contributed by atoms with van der Waals surface area (Å²) in [5.74, 6) is -0.362. The predicted octanol–water partition coefficient (Wildman–Crippen LogP) is 0.623. The molecule has 3 heterocycles. The number of rotatable bonds is 1. The Kier molecular flexibility index (Phi) is 2.37. The van der Waals surface area contributed by atoms with Crippen LogP contribution in [0.15, 0.2) is 24.7 Å². The number of fused-ring (bicyclic) bond motifs is 1. The van der Waals surface area contributed by atoms with Gasteiger partial charge in [-0.05, 0) is 0 Å². The first-order valence-corrected chi connectivity index (χ1v) is 5.22. The second-order valence-corrected chi connectivity index (χ2v) is 3.86. The lowest BCUT2D eigenvalue weighted by atomic mass is 10.2. The maximum absolute atomic E-state index is 12.4. The van der Waals surface area contributed by atoms with Crippen LogP contribution in [-0.4, -0.2) is 35.8 Å². The van der Waals surface area contributed by atoms with E-state index in [4.69, 9.17) is 4.74 Å². The quantitative estimate of drug-likeness (QED) is 0.772. The Hall–Kier alpha value is -2.22. The van der Waals surface area contributed by atoms with Gasteiger partial charge in [0.05, 0.1) is 0 Å². The fourth-order valence-electron chi connectivity index (χ4n) is 1.91. The normalized spacial score (nSPS) is 25.8. The molecule has 0 saturated carbocycles. The minimum atomic E-state index is -0.993. The summed E-state index contributed by atoms with van der Waals surface area (Å²) in [6.07, 6.45) is 1.40. The van der Waals surface area contributed by atoms with E-state index in [1.165, 1.54) is 17.2 Å². The third-order valence-electron chi connectivity index (χ3n) is 2.78. The van der Waals surface area contributed by atoms with Crippen LogP contribution in [0.4, 0.5) is 4.39 Å². The Bertz CT molecular complexity index is 627. The molecule has 7 nitrogen and oxygen atoms in total. The number of hydrogen-bond acceptors (Lipinski definition) is 6.